The van der Waals surface area contributed by atoms with E-state index in [9.17, 15) is 5.53 Å². The Bertz CT molecular complexity index is 854. The van der Waals surface area contributed by atoms with Gasteiger partial charge in [0.1, 0.15) is 0 Å². The van der Waals surface area contributed by atoms with Gasteiger partial charge in [0.05, 0.1) is 34.2 Å². The fourth-order valence-corrected chi connectivity index (χ4v) is 2.59. The number of fused-ring (bicyclic) bond motifs is 2. The van der Waals surface area contributed by atoms with Crippen molar-refractivity contribution in [1.82, 2.24) is 14.7 Å². The molecule has 2 heterocycles. The Hall–Kier alpha value is -2.88. The summed E-state index contributed by atoms with van der Waals surface area (Å²) in [7, 11) is 0. The third-order valence-corrected chi connectivity index (χ3v) is 3.59. The molecule has 0 radical (unpaired) electrons. The third-order valence-electron chi connectivity index (χ3n) is 3.59. The molecule has 0 amide bonds. The molecule has 0 saturated heterocycles. The average molecular weight is 260 g/mol. The van der Waals surface area contributed by atoms with Gasteiger partial charge in [-0.15, -0.1) is 0 Å². The summed E-state index contributed by atoms with van der Waals surface area (Å²) in [6, 6.07) is 15.8. The first-order valence-corrected chi connectivity index (χ1v) is 6.46. The van der Waals surface area contributed by atoms with Crippen LogP contribution in [0.5, 0.6) is 0 Å². The van der Waals surface area contributed by atoms with Gasteiger partial charge in [-0.25, -0.2) is 4.70 Å². The largest absolute Gasteiger partial charge is 0.493 e. The highest BCUT2D eigenvalue weighted by atomic mass is 15.2. The lowest BCUT2D eigenvalue weighted by Gasteiger charge is -2.02. The minimum Gasteiger partial charge on any atom is -0.493 e. The van der Waals surface area contributed by atoms with E-state index < -0.39 is 0 Å². The van der Waals surface area contributed by atoms with Gasteiger partial charge in [0.15, 0.2) is 0 Å². The molecule has 0 spiro atoms. The van der Waals surface area contributed by atoms with E-state index in [1.165, 1.54) is 4.70 Å². The molecule has 96 valence electrons. The summed E-state index contributed by atoms with van der Waals surface area (Å²) in [5, 5.41) is 1.97. The predicted octanol–water partition coefficient (Wildman–Crippen LogP) is 4.51. The van der Waals surface area contributed by atoms with Crippen LogP contribution >= 0.6 is 0 Å². The fraction of sp³-hybridized carbons (Fsp3) is 0. The summed E-state index contributed by atoms with van der Waals surface area (Å²) in [5.74, 6) is 0. The van der Waals surface area contributed by atoms with Crippen molar-refractivity contribution >= 4 is 33.2 Å². The molecule has 0 fully saturated rings. The maximum atomic E-state index is 10.6. The van der Waals surface area contributed by atoms with E-state index in [1.54, 1.807) is 0 Å². The number of nitrogens with one attached hydrogen (secondary N) is 2. The fourth-order valence-electron chi connectivity index (χ4n) is 2.59. The number of para-hydroxylation sites is 2. The van der Waals surface area contributed by atoms with Gasteiger partial charge in [-0.3, -0.25) is 0 Å². The van der Waals surface area contributed by atoms with Crippen LogP contribution in [0, 0.1) is 0 Å². The summed E-state index contributed by atoms with van der Waals surface area (Å²) in [5.41, 5.74) is 14.0. The maximum Gasteiger partial charge on any atom is 0.225 e. The summed E-state index contributed by atoms with van der Waals surface area (Å²) in [4.78, 5) is 6.33. The molecule has 4 heteroatoms. The van der Waals surface area contributed by atoms with Crippen LogP contribution < -0.4 is 4.70 Å². The predicted molar refractivity (Wildman–Crippen MR) is 81.4 cm³/mol. The first-order valence-electron chi connectivity index (χ1n) is 6.46. The summed E-state index contributed by atoms with van der Waals surface area (Å²) >= 11 is 0. The second-order valence-electron chi connectivity index (χ2n) is 4.75. The topological polar surface area (TPSA) is 56.9 Å². The molecule has 0 atom stereocenters. The highest BCUT2D eigenvalue weighted by Gasteiger charge is 2.16. The summed E-state index contributed by atoms with van der Waals surface area (Å²) in [6.45, 7) is 0. The van der Waals surface area contributed by atoms with Crippen LogP contribution in [0.25, 0.3) is 27.3 Å². The number of hydrogen-bond acceptors (Lipinski definition) is 0. The van der Waals surface area contributed by atoms with Crippen LogP contribution in [-0.4, -0.2) is 9.97 Å². The van der Waals surface area contributed by atoms with E-state index in [4.69, 9.17) is 0 Å². The van der Waals surface area contributed by atoms with Crippen molar-refractivity contribution in [1.29, 1.82) is 0 Å². The Labute approximate surface area is 115 Å². The molecule has 0 bridgehead atoms. The van der Waals surface area contributed by atoms with Crippen molar-refractivity contribution in [2.45, 2.75) is 0 Å². The van der Waals surface area contributed by atoms with Crippen LogP contribution in [0.2, 0.25) is 0 Å². The SMILES string of the molecule is [N-]=[N+](c1c[nH]c2ccccc12)c1c[nH]c2ccccc12. The molecular weight excluding hydrogens is 248 g/mol. The molecule has 4 rings (SSSR count). The Kier molecular flexibility index (Phi) is 2.23. The number of benzene rings is 2. The molecule has 4 nitrogen and oxygen atoms in total. The van der Waals surface area contributed by atoms with Gasteiger partial charge in [-0.2, -0.15) is 0 Å². The number of H-pyrrole nitrogens is 2. The van der Waals surface area contributed by atoms with Crippen molar-refractivity contribution in [3.63, 3.8) is 0 Å². The lowest BCUT2D eigenvalue weighted by Crippen LogP contribution is -1.94. The quantitative estimate of drug-likeness (QED) is 0.393. The van der Waals surface area contributed by atoms with E-state index in [1.807, 2.05) is 60.9 Å². The Balaban J connectivity index is 1.92. The minimum atomic E-state index is 0.741. The smallest absolute Gasteiger partial charge is 0.225 e. The molecule has 20 heavy (non-hydrogen) atoms. The first-order chi connectivity index (χ1) is 9.84. The van der Waals surface area contributed by atoms with E-state index >= 15 is 0 Å². The monoisotopic (exact) mass is 260 g/mol. The second-order valence-corrected chi connectivity index (χ2v) is 4.75. The molecular formula is C16H12N4. The van der Waals surface area contributed by atoms with Gasteiger partial charge in [0.25, 0.3) is 0 Å². The van der Waals surface area contributed by atoms with Crippen molar-refractivity contribution < 1.29 is 0 Å². The number of hydrogen-bond donors (Lipinski definition) is 2. The molecule has 0 aliphatic rings. The van der Waals surface area contributed by atoms with Gasteiger partial charge < -0.3 is 15.5 Å². The lowest BCUT2D eigenvalue weighted by atomic mass is 10.2. The maximum absolute atomic E-state index is 10.6. The lowest BCUT2D eigenvalue weighted by molar-refractivity contribution is 1.07. The summed E-state index contributed by atoms with van der Waals surface area (Å²) in [6.07, 6.45) is 3.62. The molecule has 0 unspecified atom stereocenters. The Morgan fingerprint density at radius 2 is 1.15 bits per heavy atom. The Morgan fingerprint density at radius 3 is 1.65 bits per heavy atom. The Morgan fingerprint density at radius 1 is 0.700 bits per heavy atom. The molecule has 2 aromatic carbocycles. The van der Waals surface area contributed by atoms with Crippen LogP contribution in [0.4, 0.5) is 11.4 Å². The van der Waals surface area contributed by atoms with E-state index in [0.29, 0.717) is 0 Å². The van der Waals surface area contributed by atoms with Gasteiger partial charge in [-0.05, 0) is 24.3 Å². The minimum absolute atomic E-state index is 0.741. The summed E-state index contributed by atoms with van der Waals surface area (Å²) < 4.78 is 1.22. The van der Waals surface area contributed by atoms with Crippen LogP contribution in [0.1, 0.15) is 0 Å². The zero-order chi connectivity index (χ0) is 13.5. The molecule has 0 saturated carbocycles. The highest BCUT2D eigenvalue weighted by molar-refractivity contribution is 5.96. The second kappa shape index (κ2) is 4.06. The van der Waals surface area contributed by atoms with E-state index in [2.05, 4.69) is 9.97 Å². The third kappa shape index (κ3) is 1.48. The van der Waals surface area contributed by atoms with Gasteiger partial charge in [0.2, 0.25) is 11.4 Å². The number of nitrogens with zero attached hydrogens (tertiary/aromatic N) is 2. The van der Waals surface area contributed by atoms with Gasteiger partial charge in [-0.1, -0.05) is 24.3 Å². The molecule has 4 aromatic rings. The molecule has 2 N–H and O–H groups in total. The van der Waals surface area contributed by atoms with Crippen LogP contribution in [-0.2, 0) is 0 Å². The van der Waals surface area contributed by atoms with Crippen LogP contribution in [0.15, 0.2) is 60.9 Å². The van der Waals surface area contributed by atoms with Gasteiger partial charge in [0, 0.05) is 0 Å². The van der Waals surface area contributed by atoms with Gasteiger partial charge >= 0.3 is 0 Å². The first kappa shape index (κ1) is 11.0. The molecule has 0 aliphatic heterocycles. The highest BCUT2D eigenvalue weighted by Crippen LogP contribution is 2.32. The van der Waals surface area contributed by atoms with Crippen molar-refractivity contribution in [2.24, 2.45) is 0 Å². The molecule has 2 aromatic heterocycles. The molecule has 0 aliphatic carbocycles. The average Bonchev–Trinajstić information content (AvgIpc) is 3.11. The van der Waals surface area contributed by atoms with Crippen molar-refractivity contribution in [2.75, 3.05) is 0 Å². The van der Waals surface area contributed by atoms with E-state index in [0.717, 1.165) is 33.2 Å². The van der Waals surface area contributed by atoms with Crippen molar-refractivity contribution in [3.05, 3.63) is 66.5 Å². The zero-order valence-electron chi connectivity index (χ0n) is 10.7. The number of aromatic nitrogens is 2. The number of rotatable bonds is 2. The van der Waals surface area contributed by atoms with Crippen LogP contribution in [0.3, 0.4) is 0 Å². The number of aromatic amines is 2. The van der Waals surface area contributed by atoms with E-state index in [-0.39, 0.29) is 0 Å². The standard InChI is InChI=1S/C16H12N4/c17-20(15-9-18-13-7-3-1-5-11(13)15)16-10-19-14-8-4-2-6-12(14)16/h1-10,18-19H. The zero-order valence-corrected chi connectivity index (χ0v) is 10.7. The normalized spacial score (nSPS) is 11.2. The van der Waals surface area contributed by atoms with Crippen molar-refractivity contribution in [3.8, 4) is 0 Å².